The van der Waals surface area contributed by atoms with Gasteiger partial charge in [-0.05, 0) is 22.8 Å². The van der Waals surface area contributed by atoms with Crippen molar-refractivity contribution in [2.24, 2.45) is 5.92 Å². The van der Waals surface area contributed by atoms with Crippen LogP contribution in [0, 0.1) is 5.92 Å². The van der Waals surface area contributed by atoms with Gasteiger partial charge < -0.3 is 4.74 Å². The van der Waals surface area contributed by atoms with Crippen molar-refractivity contribution in [3.8, 4) is 0 Å². The lowest BCUT2D eigenvalue weighted by molar-refractivity contribution is -0.138. The fourth-order valence-corrected chi connectivity index (χ4v) is 2.82. The topological polar surface area (TPSA) is 26.3 Å². The highest BCUT2D eigenvalue weighted by Crippen LogP contribution is 2.30. The van der Waals surface area contributed by atoms with Crippen LogP contribution in [0.25, 0.3) is 10.8 Å². The molecule has 1 aliphatic heterocycles. The molecule has 3 heteroatoms. The number of carbonyl (C=O) groups excluding carboxylic acids is 1. The van der Waals surface area contributed by atoms with Crippen molar-refractivity contribution in [2.45, 2.75) is 12.8 Å². The summed E-state index contributed by atoms with van der Waals surface area (Å²) in [5.41, 5.74) is 1.20. The molecule has 2 aromatic carbocycles. The number of allylic oxidation sites excluding steroid dienone is 1. The lowest BCUT2D eigenvalue weighted by atomic mass is 9.94. The van der Waals surface area contributed by atoms with Gasteiger partial charge in [-0.25, -0.2) is 0 Å². The Morgan fingerprint density at radius 1 is 1.21 bits per heavy atom. The number of cyclic esters (lactones) is 1. The molecule has 0 spiro atoms. The highest BCUT2D eigenvalue weighted by atomic mass is 79.9. The average Bonchev–Trinajstić information content (AvgIpc) is 2.80. The average molecular weight is 317 g/mol. The van der Waals surface area contributed by atoms with Crippen molar-refractivity contribution < 1.29 is 9.53 Å². The van der Waals surface area contributed by atoms with Gasteiger partial charge >= 0.3 is 5.97 Å². The van der Waals surface area contributed by atoms with Gasteiger partial charge in [-0.15, -0.1) is 0 Å². The number of ether oxygens (including phenoxy) is 1. The first-order chi connectivity index (χ1) is 9.28. The quantitative estimate of drug-likeness (QED) is 0.777. The molecule has 0 aliphatic carbocycles. The van der Waals surface area contributed by atoms with E-state index in [9.17, 15) is 4.79 Å². The number of hydrogen-bond donors (Lipinski definition) is 0. The molecule has 1 atom stereocenters. The fraction of sp³-hybridized carbons (Fsp3) is 0.188. The minimum Gasteiger partial charge on any atom is -0.430 e. The van der Waals surface area contributed by atoms with Gasteiger partial charge in [0.15, 0.2) is 0 Å². The van der Waals surface area contributed by atoms with Crippen LogP contribution in [0.15, 0.2) is 53.2 Å². The molecule has 0 bridgehead atoms. The first-order valence-electron chi connectivity index (χ1n) is 6.25. The monoisotopic (exact) mass is 316 g/mol. The maximum Gasteiger partial charge on any atom is 0.314 e. The van der Waals surface area contributed by atoms with E-state index in [0.29, 0.717) is 6.42 Å². The molecular weight excluding hydrogens is 304 g/mol. The van der Waals surface area contributed by atoms with Crippen molar-refractivity contribution in [2.75, 3.05) is 0 Å². The van der Waals surface area contributed by atoms with Gasteiger partial charge in [-0.2, -0.15) is 0 Å². The Morgan fingerprint density at radius 3 is 2.79 bits per heavy atom. The Bertz CT molecular complexity index is 655. The van der Waals surface area contributed by atoms with Gasteiger partial charge in [0.2, 0.25) is 0 Å². The third-order valence-corrected chi connectivity index (χ3v) is 3.99. The number of benzene rings is 2. The maximum absolute atomic E-state index is 11.8. The summed E-state index contributed by atoms with van der Waals surface area (Å²) in [7, 11) is 0. The van der Waals surface area contributed by atoms with Crippen molar-refractivity contribution in [3.63, 3.8) is 0 Å². The van der Waals surface area contributed by atoms with Gasteiger partial charge in [-0.3, -0.25) is 4.79 Å². The molecule has 1 fully saturated rings. The van der Waals surface area contributed by atoms with E-state index in [1.807, 2.05) is 18.2 Å². The molecular formula is C16H13BrO2. The van der Waals surface area contributed by atoms with Crippen LogP contribution in [0.2, 0.25) is 0 Å². The molecule has 2 aromatic rings. The summed E-state index contributed by atoms with van der Waals surface area (Å²) in [5, 5.41) is 2.43. The van der Waals surface area contributed by atoms with E-state index in [4.69, 9.17) is 4.74 Å². The molecule has 1 heterocycles. The molecule has 1 aliphatic rings. The largest absolute Gasteiger partial charge is 0.430 e. The third kappa shape index (κ3) is 2.43. The maximum atomic E-state index is 11.8. The Morgan fingerprint density at radius 2 is 2.00 bits per heavy atom. The van der Waals surface area contributed by atoms with Crippen LogP contribution in [-0.4, -0.2) is 5.97 Å². The van der Waals surface area contributed by atoms with E-state index in [1.54, 1.807) is 4.99 Å². The van der Waals surface area contributed by atoms with Gasteiger partial charge in [0, 0.05) is 11.4 Å². The molecule has 1 saturated heterocycles. The predicted molar refractivity (Wildman–Crippen MR) is 78.9 cm³/mol. The second-order valence-electron chi connectivity index (χ2n) is 4.74. The third-order valence-electron chi connectivity index (χ3n) is 3.48. The summed E-state index contributed by atoms with van der Waals surface area (Å²) in [6.45, 7) is 0. The summed E-state index contributed by atoms with van der Waals surface area (Å²) >= 11 is 3.22. The van der Waals surface area contributed by atoms with E-state index >= 15 is 0 Å². The minimum absolute atomic E-state index is 0.0744. The van der Waals surface area contributed by atoms with Crippen LogP contribution in [-0.2, 0) is 16.0 Å². The summed E-state index contributed by atoms with van der Waals surface area (Å²) in [6, 6.07) is 14.5. The second-order valence-corrected chi connectivity index (χ2v) is 5.20. The highest BCUT2D eigenvalue weighted by Gasteiger charge is 2.30. The lowest BCUT2D eigenvalue weighted by Gasteiger charge is -2.08. The van der Waals surface area contributed by atoms with Crippen molar-refractivity contribution in [3.05, 3.63) is 58.8 Å². The molecule has 2 nitrogen and oxygen atoms in total. The zero-order valence-electron chi connectivity index (χ0n) is 10.3. The lowest BCUT2D eigenvalue weighted by Crippen LogP contribution is -2.10. The predicted octanol–water partition coefficient (Wildman–Crippen LogP) is 4.18. The van der Waals surface area contributed by atoms with E-state index in [2.05, 4.69) is 40.2 Å². The standard InChI is InChI=1S/C16H13BrO2/c17-10-14-9-13(16(18)19-14)8-12-6-3-5-11-4-1-2-7-15(11)12/h1-7,10,13H,8-9H2/b14-10+. The number of hydrogen-bond acceptors (Lipinski definition) is 2. The van der Waals surface area contributed by atoms with Crippen molar-refractivity contribution in [1.29, 1.82) is 0 Å². The van der Waals surface area contributed by atoms with E-state index < -0.39 is 0 Å². The van der Waals surface area contributed by atoms with Crippen LogP contribution >= 0.6 is 15.9 Å². The van der Waals surface area contributed by atoms with Gasteiger partial charge in [0.1, 0.15) is 5.76 Å². The van der Waals surface area contributed by atoms with Crippen LogP contribution in [0.1, 0.15) is 12.0 Å². The van der Waals surface area contributed by atoms with Crippen molar-refractivity contribution >= 4 is 32.7 Å². The number of halogens is 1. The number of fused-ring (bicyclic) bond motifs is 1. The Hall–Kier alpha value is -1.61. The number of rotatable bonds is 2. The molecule has 0 N–H and O–H groups in total. The minimum atomic E-state index is -0.126. The number of carbonyl (C=O) groups is 1. The molecule has 0 amide bonds. The SMILES string of the molecule is O=C1O/C(=C/Br)CC1Cc1cccc2ccccc12. The van der Waals surface area contributed by atoms with Gasteiger partial charge in [-0.1, -0.05) is 58.4 Å². The summed E-state index contributed by atoms with van der Waals surface area (Å²) < 4.78 is 5.18. The van der Waals surface area contributed by atoms with Gasteiger partial charge in [0.05, 0.1) is 5.92 Å². The molecule has 96 valence electrons. The summed E-state index contributed by atoms with van der Waals surface area (Å²) in [6.07, 6.45) is 1.40. The summed E-state index contributed by atoms with van der Waals surface area (Å²) in [5.74, 6) is 0.517. The zero-order valence-corrected chi connectivity index (χ0v) is 11.9. The first-order valence-corrected chi connectivity index (χ1v) is 7.17. The Kier molecular flexibility index (Phi) is 3.38. The van der Waals surface area contributed by atoms with E-state index in [0.717, 1.165) is 12.2 Å². The molecule has 1 unspecified atom stereocenters. The number of esters is 1. The van der Waals surface area contributed by atoms with E-state index in [-0.39, 0.29) is 11.9 Å². The zero-order chi connectivity index (χ0) is 13.2. The molecule has 3 rings (SSSR count). The highest BCUT2D eigenvalue weighted by molar-refractivity contribution is 9.11. The Balaban J connectivity index is 1.92. The normalized spacial score (nSPS) is 21.0. The molecule has 0 radical (unpaired) electrons. The smallest absolute Gasteiger partial charge is 0.314 e. The Labute approximate surface area is 120 Å². The van der Waals surface area contributed by atoms with Crippen molar-refractivity contribution in [1.82, 2.24) is 0 Å². The van der Waals surface area contributed by atoms with E-state index in [1.165, 1.54) is 16.3 Å². The van der Waals surface area contributed by atoms with Crippen LogP contribution < -0.4 is 0 Å². The van der Waals surface area contributed by atoms with Crippen LogP contribution in [0.5, 0.6) is 0 Å². The molecule has 0 saturated carbocycles. The first kappa shape index (κ1) is 12.4. The second kappa shape index (κ2) is 5.17. The fourth-order valence-electron chi connectivity index (χ4n) is 2.54. The summed E-state index contributed by atoms with van der Waals surface area (Å²) in [4.78, 5) is 13.5. The van der Waals surface area contributed by atoms with Gasteiger partial charge in [0.25, 0.3) is 0 Å². The molecule has 19 heavy (non-hydrogen) atoms. The van der Waals surface area contributed by atoms with Crippen LogP contribution in [0.4, 0.5) is 0 Å². The van der Waals surface area contributed by atoms with Crippen LogP contribution in [0.3, 0.4) is 0 Å². The molecule has 0 aromatic heterocycles.